The minimum Gasteiger partial charge on any atom is -0.480 e. The van der Waals surface area contributed by atoms with Gasteiger partial charge in [-0.15, -0.1) is 0 Å². The van der Waals surface area contributed by atoms with Gasteiger partial charge in [-0.25, -0.2) is 13.4 Å². The third-order valence-electron chi connectivity index (χ3n) is 2.76. The van der Waals surface area contributed by atoms with Gasteiger partial charge in [0, 0.05) is 19.8 Å². The second kappa shape index (κ2) is 4.69. The maximum absolute atomic E-state index is 12.2. The quantitative estimate of drug-likeness (QED) is 0.781. The first-order valence-corrected chi connectivity index (χ1v) is 7.03. The molecule has 1 aliphatic carbocycles. The number of hydrogen-bond donors (Lipinski definition) is 1. The highest BCUT2D eigenvalue weighted by atomic mass is 32.2. The van der Waals surface area contributed by atoms with Crippen LogP contribution in [0.3, 0.4) is 0 Å². The lowest BCUT2D eigenvalue weighted by molar-refractivity contribution is -0.137. The van der Waals surface area contributed by atoms with Crippen LogP contribution in [0.25, 0.3) is 0 Å². The van der Waals surface area contributed by atoms with Gasteiger partial charge in [-0.1, -0.05) is 0 Å². The van der Waals surface area contributed by atoms with E-state index in [1.54, 1.807) is 7.05 Å². The number of carboxylic acid groups (broad SMARTS) is 1. The van der Waals surface area contributed by atoms with Crippen LogP contribution >= 0.6 is 0 Å². The van der Waals surface area contributed by atoms with E-state index in [4.69, 9.17) is 5.11 Å². The zero-order valence-corrected chi connectivity index (χ0v) is 10.8. The fraction of sp³-hybridized carbons (Fsp3) is 0.600. The van der Waals surface area contributed by atoms with Crippen LogP contribution in [-0.2, 0) is 21.9 Å². The molecule has 18 heavy (non-hydrogen) atoms. The van der Waals surface area contributed by atoms with E-state index in [1.807, 2.05) is 0 Å². The third-order valence-corrected chi connectivity index (χ3v) is 4.45. The fourth-order valence-electron chi connectivity index (χ4n) is 1.64. The molecule has 0 bridgehead atoms. The van der Waals surface area contributed by atoms with Gasteiger partial charge in [-0.2, -0.15) is 4.31 Å². The van der Waals surface area contributed by atoms with E-state index in [2.05, 4.69) is 4.98 Å². The molecule has 7 nitrogen and oxygen atoms in total. The minimum absolute atomic E-state index is 0.105. The van der Waals surface area contributed by atoms with Gasteiger partial charge in [-0.3, -0.25) is 4.79 Å². The van der Waals surface area contributed by atoms with Crippen molar-refractivity contribution >= 4 is 16.0 Å². The van der Waals surface area contributed by atoms with Gasteiger partial charge < -0.3 is 9.67 Å². The van der Waals surface area contributed by atoms with Crippen molar-refractivity contribution in [1.82, 2.24) is 13.9 Å². The number of nitrogens with zero attached hydrogens (tertiary/aromatic N) is 3. The Balaban J connectivity index is 2.24. The molecule has 0 radical (unpaired) electrons. The van der Waals surface area contributed by atoms with Crippen LogP contribution in [0.1, 0.15) is 12.8 Å². The average molecular weight is 273 g/mol. The number of carboxylic acids is 1. The minimum atomic E-state index is -3.81. The monoisotopic (exact) mass is 273 g/mol. The highest BCUT2D eigenvalue weighted by Crippen LogP contribution is 2.31. The number of carbonyl (C=O) groups is 1. The Hall–Kier alpha value is -1.41. The highest BCUT2D eigenvalue weighted by molar-refractivity contribution is 7.89. The zero-order chi connectivity index (χ0) is 13.3. The lowest BCUT2D eigenvalue weighted by Gasteiger charge is -2.18. The van der Waals surface area contributed by atoms with Crippen molar-refractivity contribution in [3.05, 3.63) is 12.5 Å². The summed E-state index contributed by atoms with van der Waals surface area (Å²) in [5.41, 5.74) is 0. The topological polar surface area (TPSA) is 92.5 Å². The lowest BCUT2D eigenvalue weighted by atomic mass is 10.4. The molecule has 0 atom stereocenters. The molecule has 0 aromatic carbocycles. The van der Waals surface area contributed by atoms with Gasteiger partial charge in [0.1, 0.15) is 6.54 Å². The molecule has 0 spiro atoms. The molecule has 0 amide bonds. The number of aryl methyl sites for hydroxylation is 1. The van der Waals surface area contributed by atoms with Gasteiger partial charge in [-0.05, 0) is 18.8 Å². The lowest BCUT2D eigenvalue weighted by Crippen LogP contribution is -2.37. The molecule has 1 aliphatic rings. The van der Waals surface area contributed by atoms with Crippen LogP contribution in [0.2, 0.25) is 0 Å². The van der Waals surface area contributed by atoms with Crippen molar-refractivity contribution in [1.29, 1.82) is 0 Å². The molecule has 2 rings (SSSR count). The normalized spacial score (nSPS) is 16.1. The Kier molecular flexibility index (Phi) is 3.40. The van der Waals surface area contributed by atoms with Gasteiger partial charge in [0.25, 0.3) is 10.0 Å². The zero-order valence-electron chi connectivity index (χ0n) is 9.98. The van der Waals surface area contributed by atoms with E-state index in [9.17, 15) is 13.2 Å². The first kappa shape index (κ1) is 13.0. The number of hydrogen-bond acceptors (Lipinski definition) is 4. The standard InChI is InChI=1S/C10H15N3O4S/c1-12-5-9(11-7-12)18(16,17)13(6-10(14)15)4-8-2-3-8/h5,7-8H,2-4,6H2,1H3,(H,14,15). The van der Waals surface area contributed by atoms with E-state index >= 15 is 0 Å². The van der Waals surface area contributed by atoms with Crippen molar-refractivity contribution in [2.45, 2.75) is 17.9 Å². The summed E-state index contributed by atoms with van der Waals surface area (Å²) in [4.78, 5) is 14.5. The largest absolute Gasteiger partial charge is 0.480 e. The second-order valence-electron chi connectivity index (χ2n) is 4.51. The van der Waals surface area contributed by atoms with Crippen LogP contribution < -0.4 is 0 Å². The molecule has 0 aliphatic heterocycles. The Labute approximate surface area is 105 Å². The van der Waals surface area contributed by atoms with Crippen molar-refractivity contribution in [2.24, 2.45) is 13.0 Å². The molecule has 8 heteroatoms. The summed E-state index contributed by atoms with van der Waals surface area (Å²) >= 11 is 0. The number of imidazole rings is 1. The van der Waals surface area contributed by atoms with Crippen LogP contribution in [-0.4, -0.2) is 46.4 Å². The number of aromatic nitrogens is 2. The van der Waals surface area contributed by atoms with Gasteiger partial charge in [0.2, 0.25) is 0 Å². The molecule has 1 aromatic rings. The molecule has 1 heterocycles. The van der Waals surface area contributed by atoms with Crippen LogP contribution in [0.4, 0.5) is 0 Å². The van der Waals surface area contributed by atoms with Crippen molar-refractivity contribution in [3.63, 3.8) is 0 Å². The summed E-state index contributed by atoms with van der Waals surface area (Å²) in [6.45, 7) is -0.263. The summed E-state index contributed by atoms with van der Waals surface area (Å²) in [5.74, 6) is -0.877. The number of aliphatic carboxylic acids is 1. The van der Waals surface area contributed by atoms with Gasteiger partial charge in [0.15, 0.2) is 5.03 Å². The van der Waals surface area contributed by atoms with Crippen molar-refractivity contribution < 1.29 is 18.3 Å². The first-order chi connectivity index (χ1) is 8.39. The fourth-order valence-corrected chi connectivity index (χ4v) is 3.07. The summed E-state index contributed by atoms with van der Waals surface area (Å²) in [5, 5.41) is 8.70. The Bertz CT molecular complexity index is 547. The highest BCUT2D eigenvalue weighted by Gasteiger charge is 2.34. The Morgan fingerprint density at radius 1 is 1.61 bits per heavy atom. The molecule has 1 N–H and O–H groups in total. The number of sulfonamides is 1. The van der Waals surface area contributed by atoms with E-state index in [-0.39, 0.29) is 17.5 Å². The molecule has 1 fully saturated rings. The Morgan fingerprint density at radius 3 is 2.72 bits per heavy atom. The summed E-state index contributed by atoms with van der Waals surface area (Å²) in [6.07, 6.45) is 4.65. The van der Waals surface area contributed by atoms with E-state index in [1.165, 1.54) is 17.1 Å². The maximum Gasteiger partial charge on any atom is 0.318 e. The molecule has 0 unspecified atom stereocenters. The molecular formula is C10H15N3O4S. The maximum atomic E-state index is 12.2. The molecule has 1 saturated carbocycles. The molecular weight excluding hydrogens is 258 g/mol. The van der Waals surface area contributed by atoms with Crippen molar-refractivity contribution in [3.8, 4) is 0 Å². The second-order valence-corrected chi connectivity index (χ2v) is 6.40. The van der Waals surface area contributed by atoms with Crippen LogP contribution in [0, 0.1) is 5.92 Å². The van der Waals surface area contributed by atoms with E-state index in [0.29, 0.717) is 0 Å². The third kappa shape index (κ3) is 2.88. The van der Waals surface area contributed by atoms with Crippen molar-refractivity contribution in [2.75, 3.05) is 13.1 Å². The van der Waals surface area contributed by atoms with E-state index < -0.39 is 22.5 Å². The summed E-state index contributed by atoms with van der Waals surface area (Å²) in [7, 11) is -2.15. The predicted octanol–water partition coefficient (Wildman–Crippen LogP) is -0.0946. The number of rotatable bonds is 6. The summed E-state index contributed by atoms with van der Waals surface area (Å²) < 4.78 is 27.0. The Morgan fingerprint density at radius 2 is 2.28 bits per heavy atom. The molecule has 100 valence electrons. The SMILES string of the molecule is Cn1cnc(S(=O)(=O)N(CC(=O)O)CC2CC2)c1. The smallest absolute Gasteiger partial charge is 0.318 e. The molecule has 0 saturated heterocycles. The van der Waals surface area contributed by atoms with E-state index in [0.717, 1.165) is 17.1 Å². The van der Waals surface area contributed by atoms with Crippen LogP contribution in [0.5, 0.6) is 0 Å². The average Bonchev–Trinajstić information content (AvgIpc) is 2.96. The molecule has 1 aromatic heterocycles. The van der Waals surface area contributed by atoms with Crippen LogP contribution in [0.15, 0.2) is 17.6 Å². The summed E-state index contributed by atoms with van der Waals surface area (Å²) in [6, 6.07) is 0. The predicted molar refractivity (Wildman–Crippen MR) is 62.3 cm³/mol. The van der Waals surface area contributed by atoms with Gasteiger partial charge in [0.05, 0.1) is 6.33 Å². The first-order valence-electron chi connectivity index (χ1n) is 5.59. The van der Waals surface area contributed by atoms with Gasteiger partial charge >= 0.3 is 5.97 Å².